The van der Waals surface area contributed by atoms with E-state index in [0.29, 0.717) is 4.47 Å². The number of benzene rings is 2. The highest BCUT2D eigenvalue weighted by Crippen LogP contribution is 2.22. The van der Waals surface area contributed by atoms with Crippen LogP contribution in [0.3, 0.4) is 0 Å². The predicted octanol–water partition coefficient (Wildman–Crippen LogP) is 3.85. The standard InChI is InChI=1S/C13H10BrF2NO3S/c14-9-2-1-3-12(8-9)21(18,19)17-10-4-6-11(7-5-10)20-13(15)16/h1-8,13,17H. The van der Waals surface area contributed by atoms with Gasteiger partial charge in [-0.25, -0.2) is 8.42 Å². The van der Waals surface area contributed by atoms with Gasteiger partial charge in [0, 0.05) is 10.2 Å². The molecule has 0 amide bonds. The summed E-state index contributed by atoms with van der Waals surface area (Å²) in [4.78, 5) is 0.0878. The van der Waals surface area contributed by atoms with Gasteiger partial charge in [-0.2, -0.15) is 8.78 Å². The van der Waals surface area contributed by atoms with Crippen molar-refractivity contribution >= 4 is 31.6 Å². The van der Waals surface area contributed by atoms with Crippen LogP contribution < -0.4 is 9.46 Å². The number of ether oxygens (including phenoxy) is 1. The van der Waals surface area contributed by atoms with E-state index < -0.39 is 16.6 Å². The molecule has 0 aromatic heterocycles. The first-order valence-electron chi connectivity index (χ1n) is 5.70. The SMILES string of the molecule is O=S(=O)(Nc1ccc(OC(F)F)cc1)c1cccc(Br)c1. The summed E-state index contributed by atoms with van der Waals surface area (Å²) in [6, 6.07) is 11.4. The van der Waals surface area contributed by atoms with Crippen molar-refractivity contribution in [1.29, 1.82) is 0 Å². The second-order valence-electron chi connectivity index (χ2n) is 3.97. The van der Waals surface area contributed by atoms with Crippen molar-refractivity contribution in [3.8, 4) is 5.75 Å². The molecule has 0 heterocycles. The summed E-state index contributed by atoms with van der Waals surface area (Å²) < 4.78 is 55.5. The summed E-state index contributed by atoms with van der Waals surface area (Å²) in [6.45, 7) is -2.92. The van der Waals surface area contributed by atoms with Gasteiger partial charge in [-0.3, -0.25) is 4.72 Å². The lowest BCUT2D eigenvalue weighted by atomic mass is 10.3. The topological polar surface area (TPSA) is 55.4 Å². The van der Waals surface area contributed by atoms with Crippen molar-refractivity contribution in [1.82, 2.24) is 0 Å². The molecule has 0 atom stereocenters. The maximum Gasteiger partial charge on any atom is 0.387 e. The van der Waals surface area contributed by atoms with Crippen LogP contribution in [-0.2, 0) is 10.0 Å². The molecule has 112 valence electrons. The maximum atomic E-state index is 12.1. The first-order chi connectivity index (χ1) is 9.87. The van der Waals surface area contributed by atoms with Crippen LogP contribution in [0, 0.1) is 0 Å². The number of anilines is 1. The molecule has 0 spiro atoms. The van der Waals surface area contributed by atoms with Gasteiger partial charge in [0.2, 0.25) is 0 Å². The Hall–Kier alpha value is -1.67. The van der Waals surface area contributed by atoms with Crippen LogP contribution in [0.2, 0.25) is 0 Å². The Morgan fingerprint density at radius 1 is 1.10 bits per heavy atom. The zero-order chi connectivity index (χ0) is 15.5. The van der Waals surface area contributed by atoms with E-state index in [2.05, 4.69) is 25.4 Å². The minimum Gasteiger partial charge on any atom is -0.435 e. The first-order valence-corrected chi connectivity index (χ1v) is 7.98. The summed E-state index contributed by atoms with van der Waals surface area (Å²) in [5.41, 5.74) is 0.247. The van der Waals surface area contributed by atoms with E-state index in [4.69, 9.17) is 0 Å². The second kappa shape index (κ2) is 6.40. The van der Waals surface area contributed by atoms with Crippen molar-refractivity contribution in [3.05, 3.63) is 53.0 Å². The third-order valence-corrected chi connectivity index (χ3v) is 4.31. The Bertz CT molecular complexity index is 720. The van der Waals surface area contributed by atoms with Gasteiger partial charge in [-0.15, -0.1) is 0 Å². The van der Waals surface area contributed by atoms with Gasteiger partial charge in [0.25, 0.3) is 10.0 Å². The van der Waals surface area contributed by atoms with Crippen LogP contribution >= 0.6 is 15.9 Å². The van der Waals surface area contributed by atoms with E-state index in [-0.39, 0.29) is 16.3 Å². The van der Waals surface area contributed by atoms with Crippen LogP contribution in [0.5, 0.6) is 5.75 Å². The van der Waals surface area contributed by atoms with E-state index >= 15 is 0 Å². The first kappa shape index (κ1) is 15.7. The summed E-state index contributed by atoms with van der Waals surface area (Å²) >= 11 is 3.19. The Labute approximate surface area is 128 Å². The van der Waals surface area contributed by atoms with Crippen molar-refractivity contribution in [2.24, 2.45) is 0 Å². The van der Waals surface area contributed by atoms with Crippen LogP contribution in [0.15, 0.2) is 57.9 Å². The lowest BCUT2D eigenvalue weighted by molar-refractivity contribution is -0.0498. The number of sulfonamides is 1. The molecule has 8 heteroatoms. The zero-order valence-electron chi connectivity index (χ0n) is 10.5. The van der Waals surface area contributed by atoms with E-state index in [1.54, 1.807) is 12.1 Å². The molecule has 0 radical (unpaired) electrons. The van der Waals surface area contributed by atoms with Crippen molar-refractivity contribution in [3.63, 3.8) is 0 Å². The van der Waals surface area contributed by atoms with Crippen LogP contribution in [-0.4, -0.2) is 15.0 Å². The van der Waals surface area contributed by atoms with Gasteiger partial charge >= 0.3 is 6.61 Å². The highest BCUT2D eigenvalue weighted by atomic mass is 79.9. The summed E-state index contributed by atoms with van der Waals surface area (Å²) in [6.07, 6.45) is 0. The average Bonchev–Trinajstić information content (AvgIpc) is 2.40. The van der Waals surface area contributed by atoms with E-state index in [0.717, 1.165) is 0 Å². The highest BCUT2D eigenvalue weighted by Gasteiger charge is 2.14. The van der Waals surface area contributed by atoms with Crippen molar-refractivity contribution < 1.29 is 21.9 Å². The van der Waals surface area contributed by atoms with Crippen LogP contribution in [0.25, 0.3) is 0 Å². The molecule has 0 bridgehead atoms. The van der Waals surface area contributed by atoms with Gasteiger partial charge < -0.3 is 4.74 Å². The molecule has 2 aromatic rings. The molecule has 0 aliphatic rings. The molecule has 21 heavy (non-hydrogen) atoms. The average molecular weight is 378 g/mol. The molecule has 0 aliphatic carbocycles. The summed E-state index contributed by atoms with van der Waals surface area (Å²) in [5, 5.41) is 0. The lowest BCUT2D eigenvalue weighted by Gasteiger charge is -2.09. The molecular formula is C13H10BrF2NO3S. The Balaban J connectivity index is 2.17. The molecule has 1 N–H and O–H groups in total. The largest absolute Gasteiger partial charge is 0.435 e. The Morgan fingerprint density at radius 2 is 1.76 bits per heavy atom. The molecule has 4 nitrogen and oxygen atoms in total. The molecule has 0 aliphatic heterocycles. The minimum atomic E-state index is -3.74. The van der Waals surface area contributed by atoms with E-state index in [1.807, 2.05) is 0 Å². The fourth-order valence-corrected chi connectivity index (χ4v) is 3.21. The van der Waals surface area contributed by atoms with E-state index in [1.165, 1.54) is 36.4 Å². The van der Waals surface area contributed by atoms with Crippen LogP contribution in [0.1, 0.15) is 0 Å². The minimum absolute atomic E-state index is 0.0459. The number of halogens is 3. The molecule has 0 saturated carbocycles. The smallest absolute Gasteiger partial charge is 0.387 e. The van der Waals surface area contributed by atoms with Gasteiger partial charge in [0.05, 0.1) is 4.90 Å². The Kier molecular flexibility index (Phi) is 4.79. The van der Waals surface area contributed by atoms with E-state index in [9.17, 15) is 17.2 Å². The molecular weight excluding hydrogens is 368 g/mol. The van der Waals surface area contributed by atoms with Gasteiger partial charge in [0.15, 0.2) is 0 Å². The van der Waals surface area contributed by atoms with Gasteiger partial charge in [0.1, 0.15) is 5.75 Å². The van der Waals surface area contributed by atoms with Gasteiger partial charge in [-0.1, -0.05) is 22.0 Å². The van der Waals surface area contributed by atoms with Crippen molar-refractivity contribution in [2.75, 3.05) is 4.72 Å². The number of hydrogen-bond acceptors (Lipinski definition) is 3. The third kappa shape index (κ3) is 4.40. The summed E-state index contributed by atoms with van der Waals surface area (Å²) in [7, 11) is -3.74. The number of rotatable bonds is 5. The molecule has 0 saturated heterocycles. The molecule has 0 unspecified atom stereocenters. The number of nitrogens with one attached hydrogen (secondary N) is 1. The number of alkyl halides is 2. The second-order valence-corrected chi connectivity index (χ2v) is 6.56. The fraction of sp³-hybridized carbons (Fsp3) is 0.0769. The van der Waals surface area contributed by atoms with Gasteiger partial charge in [-0.05, 0) is 42.5 Å². The predicted molar refractivity (Wildman–Crippen MR) is 78.0 cm³/mol. The zero-order valence-corrected chi connectivity index (χ0v) is 12.9. The molecule has 2 aromatic carbocycles. The Morgan fingerprint density at radius 3 is 2.33 bits per heavy atom. The normalized spacial score (nSPS) is 11.4. The fourth-order valence-electron chi connectivity index (χ4n) is 1.55. The quantitative estimate of drug-likeness (QED) is 0.860. The van der Waals surface area contributed by atoms with Crippen molar-refractivity contribution in [2.45, 2.75) is 11.5 Å². The maximum absolute atomic E-state index is 12.1. The van der Waals surface area contributed by atoms with Crippen LogP contribution in [0.4, 0.5) is 14.5 Å². The lowest BCUT2D eigenvalue weighted by Crippen LogP contribution is -2.12. The third-order valence-electron chi connectivity index (χ3n) is 2.44. The number of hydrogen-bond donors (Lipinski definition) is 1. The summed E-state index contributed by atoms with van der Waals surface area (Å²) in [5.74, 6) is -0.0459. The monoisotopic (exact) mass is 377 g/mol. The molecule has 0 fully saturated rings. The molecule has 2 rings (SSSR count). The highest BCUT2D eigenvalue weighted by molar-refractivity contribution is 9.10.